The van der Waals surface area contributed by atoms with Crippen LogP contribution in [0.5, 0.6) is 0 Å². The van der Waals surface area contributed by atoms with Crippen LogP contribution in [-0.2, 0) is 9.59 Å². The molecule has 0 aliphatic rings. The van der Waals surface area contributed by atoms with Gasteiger partial charge in [-0.2, -0.15) is 0 Å². The van der Waals surface area contributed by atoms with E-state index in [0.29, 0.717) is 11.6 Å². The molecule has 4 aromatic heterocycles. The van der Waals surface area contributed by atoms with Gasteiger partial charge in [0, 0.05) is 24.8 Å². The fourth-order valence-electron chi connectivity index (χ4n) is 2.39. The Bertz CT molecular complexity index is 1000. The molecule has 12 nitrogen and oxygen atoms in total. The summed E-state index contributed by atoms with van der Waals surface area (Å²) in [5, 5.41) is 20.1. The second kappa shape index (κ2) is 8.43. The largest absolute Gasteiger partial charge is 0.304 e. The first-order valence-corrected chi connectivity index (χ1v) is 9.45. The number of carbonyl (C=O) groups excluding carboxylic acids is 2. The predicted octanol–water partition coefficient (Wildman–Crippen LogP) is 1.34. The number of hydrogen-bond acceptors (Lipinski definition) is 9. The fourth-order valence-corrected chi connectivity index (χ4v) is 3.01. The van der Waals surface area contributed by atoms with Gasteiger partial charge in [0.25, 0.3) is 0 Å². The average Bonchev–Trinajstić information content (AvgIpc) is 3.48. The summed E-state index contributed by atoms with van der Waals surface area (Å²) in [6.45, 7) is 0. The van der Waals surface area contributed by atoms with E-state index in [0.717, 1.165) is 11.8 Å². The van der Waals surface area contributed by atoms with Crippen molar-refractivity contribution in [2.24, 2.45) is 0 Å². The molecule has 0 aliphatic carbocycles. The fraction of sp³-hybridized carbons (Fsp3) is 0.125. The Labute approximate surface area is 167 Å². The summed E-state index contributed by atoms with van der Waals surface area (Å²) in [5.41, 5.74) is 0. The highest BCUT2D eigenvalue weighted by Crippen LogP contribution is 2.17. The lowest BCUT2D eigenvalue weighted by Crippen LogP contribution is -2.19. The van der Waals surface area contributed by atoms with Gasteiger partial charge in [-0.05, 0) is 44.9 Å². The second-order valence-corrected chi connectivity index (χ2v) is 6.63. The Hall–Kier alpha value is -3.87. The van der Waals surface area contributed by atoms with Gasteiger partial charge in [0.2, 0.25) is 35.1 Å². The van der Waals surface area contributed by atoms with Crippen molar-refractivity contribution in [2.45, 2.75) is 0 Å². The summed E-state index contributed by atoms with van der Waals surface area (Å²) in [4.78, 5) is 24.2. The molecule has 148 valence electrons. The highest BCUT2D eigenvalue weighted by molar-refractivity contribution is 8.00. The number of anilines is 2. The van der Waals surface area contributed by atoms with E-state index in [1.54, 1.807) is 58.2 Å². The van der Waals surface area contributed by atoms with E-state index in [9.17, 15) is 9.59 Å². The van der Waals surface area contributed by atoms with Crippen LogP contribution in [0.25, 0.3) is 11.6 Å². The number of aromatic nitrogens is 6. The normalized spacial score (nSPS) is 10.8. The highest BCUT2D eigenvalue weighted by atomic mass is 32.2. The summed E-state index contributed by atoms with van der Waals surface area (Å²) >= 11 is 1.12. The summed E-state index contributed by atoms with van der Waals surface area (Å²) in [5.74, 6) is 0.498. The standard InChI is InChI=1S/C16H14N8O4S/c25-11(17-13-15(21-27-19-13)23-5-1-2-6-23)9-29-10-12(26)18-14-16(22-28-20-14)24-7-3-4-8-24/h1-8H,9-10H2,(H,17,19,25)(H,18,20,26). The first-order valence-electron chi connectivity index (χ1n) is 8.30. The van der Waals surface area contributed by atoms with Gasteiger partial charge in [0.1, 0.15) is 0 Å². The third-order valence-corrected chi connectivity index (χ3v) is 4.56. The lowest BCUT2D eigenvalue weighted by molar-refractivity contribution is -0.114. The molecule has 0 radical (unpaired) electrons. The molecule has 4 rings (SSSR count). The van der Waals surface area contributed by atoms with Gasteiger partial charge in [-0.15, -0.1) is 11.8 Å². The Morgan fingerprint density at radius 2 is 1.17 bits per heavy atom. The number of rotatable bonds is 8. The molecule has 0 aromatic carbocycles. The van der Waals surface area contributed by atoms with Crippen LogP contribution in [0.2, 0.25) is 0 Å². The number of nitrogens with zero attached hydrogens (tertiary/aromatic N) is 6. The zero-order chi connectivity index (χ0) is 20.1. The van der Waals surface area contributed by atoms with Crippen LogP contribution in [0.15, 0.2) is 58.3 Å². The molecule has 0 saturated carbocycles. The minimum absolute atomic E-state index is 0.0346. The lowest BCUT2D eigenvalue weighted by atomic mass is 10.5. The molecule has 2 N–H and O–H groups in total. The molecule has 4 aromatic rings. The smallest absolute Gasteiger partial charge is 0.235 e. The highest BCUT2D eigenvalue weighted by Gasteiger charge is 2.17. The minimum Gasteiger partial charge on any atom is -0.304 e. The van der Waals surface area contributed by atoms with Crippen LogP contribution in [-0.4, -0.2) is 53.1 Å². The van der Waals surface area contributed by atoms with Gasteiger partial charge in [0.15, 0.2) is 0 Å². The summed E-state index contributed by atoms with van der Waals surface area (Å²) in [7, 11) is 0. The Morgan fingerprint density at radius 3 is 1.59 bits per heavy atom. The van der Waals surface area contributed by atoms with Gasteiger partial charge in [-0.1, -0.05) is 0 Å². The monoisotopic (exact) mass is 414 g/mol. The van der Waals surface area contributed by atoms with Crippen molar-refractivity contribution in [3.8, 4) is 11.6 Å². The van der Waals surface area contributed by atoms with Crippen molar-refractivity contribution in [1.82, 2.24) is 29.8 Å². The molecule has 0 unspecified atom stereocenters. The molecular weight excluding hydrogens is 400 g/mol. The average molecular weight is 414 g/mol. The second-order valence-electron chi connectivity index (χ2n) is 5.64. The van der Waals surface area contributed by atoms with E-state index in [4.69, 9.17) is 0 Å². The van der Waals surface area contributed by atoms with Crippen molar-refractivity contribution >= 4 is 35.2 Å². The lowest BCUT2D eigenvalue weighted by Gasteiger charge is -2.05. The third-order valence-electron chi connectivity index (χ3n) is 3.62. The van der Waals surface area contributed by atoms with E-state index in [-0.39, 0.29) is 35.0 Å². The molecule has 0 spiro atoms. The summed E-state index contributed by atoms with van der Waals surface area (Å²) in [6, 6.07) is 7.23. The predicted molar refractivity (Wildman–Crippen MR) is 102 cm³/mol. The molecule has 0 fully saturated rings. The molecule has 0 saturated heterocycles. The van der Waals surface area contributed by atoms with Crippen LogP contribution in [0, 0.1) is 0 Å². The Morgan fingerprint density at radius 1 is 0.759 bits per heavy atom. The quantitative estimate of drug-likeness (QED) is 0.436. The van der Waals surface area contributed by atoms with Crippen molar-refractivity contribution < 1.29 is 18.8 Å². The van der Waals surface area contributed by atoms with E-state index in [1.807, 2.05) is 0 Å². The van der Waals surface area contributed by atoms with Crippen LogP contribution in [0.4, 0.5) is 11.6 Å². The van der Waals surface area contributed by atoms with Gasteiger partial charge < -0.3 is 19.8 Å². The minimum atomic E-state index is -0.344. The molecule has 13 heteroatoms. The van der Waals surface area contributed by atoms with Crippen molar-refractivity contribution in [2.75, 3.05) is 22.1 Å². The van der Waals surface area contributed by atoms with Crippen LogP contribution in [0.1, 0.15) is 0 Å². The SMILES string of the molecule is O=C(CSCC(=O)Nc1nonc1-n1cccc1)Nc1nonc1-n1cccc1. The third kappa shape index (κ3) is 4.35. The Kier molecular flexibility index (Phi) is 5.38. The number of amides is 2. The maximum Gasteiger partial charge on any atom is 0.235 e. The van der Waals surface area contributed by atoms with E-state index < -0.39 is 0 Å². The van der Waals surface area contributed by atoms with Crippen LogP contribution >= 0.6 is 11.8 Å². The molecule has 4 heterocycles. The van der Waals surface area contributed by atoms with Crippen LogP contribution in [0.3, 0.4) is 0 Å². The first-order chi connectivity index (χ1) is 14.2. The first kappa shape index (κ1) is 18.5. The van der Waals surface area contributed by atoms with E-state index in [2.05, 4.69) is 40.5 Å². The number of hydrogen-bond donors (Lipinski definition) is 2. The molecule has 0 aliphatic heterocycles. The summed E-state index contributed by atoms with van der Waals surface area (Å²) < 4.78 is 12.7. The maximum atomic E-state index is 12.1. The van der Waals surface area contributed by atoms with Gasteiger partial charge >= 0.3 is 0 Å². The molecular formula is C16H14N8O4S. The topological polar surface area (TPSA) is 146 Å². The number of nitrogens with one attached hydrogen (secondary N) is 2. The Balaban J connectivity index is 1.26. The maximum absolute atomic E-state index is 12.1. The molecule has 0 atom stereocenters. The van der Waals surface area contributed by atoms with Gasteiger partial charge in [-0.3, -0.25) is 9.59 Å². The number of thioether (sulfide) groups is 1. The van der Waals surface area contributed by atoms with Gasteiger partial charge in [0.05, 0.1) is 11.5 Å². The molecule has 29 heavy (non-hydrogen) atoms. The van der Waals surface area contributed by atoms with Crippen molar-refractivity contribution in [3.05, 3.63) is 49.1 Å². The zero-order valence-electron chi connectivity index (χ0n) is 14.8. The van der Waals surface area contributed by atoms with Crippen molar-refractivity contribution in [1.29, 1.82) is 0 Å². The zero-order valence-corrected chi connectivity index (χ0v) is 15.6. The molecule has 2 amide bonds. The van der Waals surface area contributed by atoms with E-state index in [1.165, 1.54) is 0 Å². The molecule has 0 bridgehead atoms. The van der Waals surface area contributed by atoms with Crippen LogP contribution < -0.4 is 10.6 Å². The van der Waals surface area contributed by atoms with Crippen molar-refractivity contribution in [3.63, 3.8) is 0 Å². The van der Waals surface area contributed by atoms with E-state index >= 15 is 0 Å². The van der Waals surface area contributed by atoms with Gasteiger partial charge in [-0.25, -0.2) is 9.26 Å². The summed E-state index contributed by atoms with van der Waals surface area (Å²) in [6.07, 6.45) is 6.98. The number of carbonyl (C=O) groups is 2.